The van der Waals surface area contributed by atoms with Gasteiger partial charge >= 0.3 is 0 Å². The normalized spacial score (nSPS) is 8.64. The number of nitrogens with zero attached hydrogens (tertiary/aromatic N) is 1. The predicted octanol–water partition coefficient (Wildman–Crippen LogP) is 2.63. The van der Waals surface area contributed by atoms with Crippen molar-refractivity contribution in [1.29, 1.82) is 0 Å². The van der Waals surface area contributed by atoms with E-state index in [2.05, 4.69) is 50.2 Å². The molecule has 1 aromatic heterocycles. The monoisotopic (exact) mass is 769 g/mol. The van der Waals surface area contributed by atoms with E-state index in [4.69, 9.17) is 4.98 Å². The van der Waals surface area contributed by atoms with Gasteiger partial charge in [-0.05, 0) is 24.5 Å². The number of hydrogen-bond donors (Lipinski definition) is 0. The van der Waals surface area contributed by atoms with Gasteiger partial charge in [0.15, 0.2) is 0 Å². The van der Waals surface area contributed by atoms with E-state index in [9.17, 15) is 0 Å². The fraction of sp³-hybridized carbons (Fsp3) is 0.200. The summed E-state index contributed by atoms with van der Waals surface area (Å²) in [4.78, 5) is 4.86. The molecule has 2 aromatic carbocycles. The number of para-hydroxylation sites is 2. The number of halogens is 4. The van der Waals surface area contributed by atoms with Crippen molar-refractivity contribution in [3.8, 4) is 0 Å². The molecule has 0 saturated carbocycles. The summed E-state index contributed by atoms with van der Waals surface area (Å²) >= 11 is 1.83. The molecular weight excluding hydrogens is 750 g/mol. The van der Waals surface area contributed by atoms with Crippen LogP contribution in [0.3, 0.4) is 0 Å². The van der Waals surface area contributed by atoms with Crippen LogP contribution in [-0.4, -0.2) is 10.5 Å². The van der Waals surface area contributed by atoms with Crippen LogP contribution < -0.4 is 24.0 Å². The zero-order valence-corrected chi connectivity index (χ0v) is 22.1. The van der Waals surface area contributed by atoms with Gasteiger partial charge in [-0.3, -0.25) is 0 Å². The average Bonchev–Trinajstić information content (AvgIpc) is 2.36. The standard InChI is InChI=1S/C15H14NS.4HI.H2O/c1-3-11-7-5-9-13-15(11)16-14-10(2)6-4-8-12(14)17-13;;;;;/h4-9H,3H2,1-2H3;4*1H;1H2/q+1;;;;;/p-1. The molecule has 3 rings (SSSR count). The smallest absolute Gasteiger partial charge is 0.257 e. The van der Waals surface area contributed by atoms with Crippen LogP contribution in [0.1, 0.15) is 18.1 Å². The Labute approximate surface area is 203 Å². The Kier molecular flexibility index (Phi) is 16.2. The summed E-state index contributed by atoms with van der Waals surface area (Å²) in [5, 5.41) is 0. The Morgan fingerprint density at radius 2 is 1.45 bits per heavy atom. The van der Waals surface area contributed by atoms with Gasteiger partial charge in [-0.2, -0.15) is 0 Å². The number of fused-ring (bicyclic) bond motifs is 2. The second kappa shape index (κ2) is 12.7. The van der Waals surface area contributed by atoms with E-state index < -0.39 is 0 Å². The fourth-order valence-electron chi connectivity index (χ4n) is 2.15. The lowest BCUT2D eigenvalue weighted by Crippen LogP contribution is -3.00. The van der Waals surface area contributed by atoms with Crippen molar-refractivity contribution in [2.75, 3.05) is 0 Å². The molecule has 0 spiro atoms. The van der Waals surface area contributed by atoms with Crippen LogP contribution >= 0.6 is 83.3 Å². The summed E-state index contributed by atoms with van der Waals surface area (Å²) in [6.07, 6.45) is 1.04. The maximum absolute atomic E-state index is 4.86. The maximum Gasteiger partial charge on any atom is 0.257 e. The lowest BCUT2D eigenvalue weighted by Gasteiger charge is -2.00. The Bertz CT molecular complexity index is 724. The highest BCUT2D eigenvalue weighted by molar-refractivity contribution is 14.0. The molecule has 124 valence electrons. The van der Waals surface area contributed by atoms with Crippen LogP contribution in [0, 0.1) is 6.92 Å². The minimum Gasteiger partial charge on any atom is -1.00 e. The molecule has 2 nitrogen and oxygen atoms in total. The molecule has 0 atom stereocenters. The molecule has 0 amide bonds. The van der Waals surface area contributed by atoms with E-state index in [0.717, 1.165) is 11.9 Å². The number of rotatable bonds is 1. The number of aromatic nitrogens is 1. The predicted molar refractivity (Wildman–Crippen MR) is 126 cm³/mol. The van der Waals surface area contributed by atoms with Gasteiger partial charge in [-0.25, -0.2) is 4.98 Å². The molecule has 0 radical (unpaired) electrons. The summed E-state index contributed by atoms with van der Waals surface area (Å²) < 4.78 is 2.55. The highest BCUT2D eigenvalue weighted by Crippen LogP contribution is 2.29. The molecule has 1 heterocycles. The van der Waals surface area contributed by atoms with Gasteiger partial charge in [0.05, 0.1) is 0 Å². The molecule has 0 bridgehead atoms. The quantitative estimate of drug-likeness (QED) is 0.214. The molecule has 2 N–H and O–H groups in total. The van der Waals surface area contributed by atoms with Crippen molar-refractivity contribution in [3.05, 3.63) is 47.5 Å². The molecule has 22 heavy (non-hydrogen) atoms. The van der Waals surface area contributed by atoms with E-state index >= 15 is 0 Å². The molecule has 0 saturated heterocycles. The zero-order valence-electron chi connectivity index (χ0n) is 12.1. The Morgan fingerprint density at radius 1 is 0.909 bits per heavy atom. The van der Waals surface area contributed by atoms with Crippen molar-refractivity contribution in [2.45, 2.75) is 20.3 Å². The van der Waals surface area contributed by atoms with Crippen molar-refractivity contribution in [3.63, 3.8) is 0 Å². The molecule has 0 aliphatic rings. The van der Waals surface area contributed by atoms with Gasteiger partial charge in [-0.15, -0.1) is 71.9 Å². The minimum absolute atomic E-state index is 0. The Morgan fingerprint density at radius 3 is 2.05 bits per heavy atom. The largest absolute Gasteiger partial charge is 1.00 e. The van der Waals surface area contributed by atoms with Gasteiger partial charge in [-0.1, -0.05) is 31.2 Å². The van der Waals surface area contributed by atoms with Crippen LogP contribution in [0.5, 0.6) is 0 Å². The summed E-state index contributed by atoms with van der Waals surface area (Å²) in [6, 6.07) is 12.8. The van der Waals surface area contributed by atoms with Crippen LogP contribution in [0.25, 0.3) is 20.4 Å². The fourth-order valence-corrected chi connectivity index (χ4v) is 3.26. The van der Waals surface area contributed by atoms with Crippen molar-refractivity contribution in [1.82, 2.24) is 4.98 Å². The van der Waals surface area contributed by atoms with Crippen molar-refractivity contribution >= 4 is 104 Å². The van der Waals surface area contributed by atoms with Crippen LogP contribution in [0.2, 0.25) is 0 Å². The van der Waals surface area contributed by atoms with Gasteiger partial charge in [0.25, 0.3) is 9.40 Å². The summed E-state index contributed by atoms with van der Waals surface area (Å²) in [6.45, 7) is 4.31. The number of aryl methyl sites for hydroxylation is 2. The van der Waals surface area contributed by atoms with E-state index in [-0.39, 0.29) is 101 Å². The lowest BCUT2D eigenvalue weighted by molar-refractivity contribution is -0.00000481. The number of hydrogen-bond acceptors (Lipinski definition) is 1. The van der Waals surface area contributed by atoms with Gasteiger partial charge < -0.3 is 29.5 Å². The van der Waals surface area contributed by atoms with Crippen LogP contribution in [0.15, 0.2) is 36.4 Å². The van der Waals surface area contributed by atoms with Crippen molar-refractivity contribution < 1.29 is 29.5 Å². The first-order valence-electron chi connectivity index (χ1n) is 5.90. The SMILES string of the molecule is CCc1cccc2[s+]c3cccc(C)c3nc12.I.I.I.O.[I-]. The van der Waals surface area contributed by atoms with E-state index in [1.807, 2.05) is 11.3 Å². The average molecular weight is 769 g/mol. The van der Waals surface area contributed by atoms with Crippen molar-refractivity contribution in [2.24, 2.45) is 0 Å². The third-order valence-electron chi connectivity index (χ3n) is 3.11. The third kappa shape index (κ3) is 5.70. The molecular formula is C15H19I4NOS. The summed E-state index contributed by atoms with van der Waals surface area (Å²) in [5.41, 5.74) is 4.91. The van der Waals surface area contributed by atoms with Gasteiger partial charge in [0, 0.05) is 12.1 Å². The first kappa shape index (κ1) is 28.2. The lowest BCUT2D eigenvalue weighted by atomic mass is 10.1. The topological polar surface area (TPSA) is 44.4 Å². The maximum atomic E-state index is 4.86. The second-order valence-corrected chi connectivity index (χ2v) is 5.34. The molecule has 7 heteroatoms. The molecule has 3 aromatic rings. The minimum atomic E-state index is 0. The Hall–Kier alpha value is 1.34. The number of benzene rings is 2. The molecule has 0 fully saturated rings. The first-order valence-corrected chi connectivity index (χ1v) is 6.72. The van der Waals surface area contributed by atoms with Crippen LogP contribution in [0.4, 0.5) is 0 Å². The summed E-state index contributed by atoms with van der Waals surface area (Å²) in [7, 11) is 0. The zero-order chi connectivity index (χ0) is 11.8. The molecule has 0 aliphatic heterocycles. The van der Waals surface area contributed by atoms with E-state index in [0.29, 0.717) is 0 Å². The first-order chi connectivity index (χ1) is 8.29. The highest BCUT2D eigenvalue weighted by Gasteiger charge is 2.15. The van der Waals surface area contributed by atoms with E-state index in [1.54, 1.807) is 0 Å². The van der Waals surface area contributed by atoms with Gasteiger partial charge in [0.1, 0.15) is 11.0 Å². The van der Waals surface area contributed by atoms with Gasteiger partial charge in [0.2, 0.25) is 11.3 Å². The molecule has 0 aliphatic carbocycles. The Balaban J connectivity index is -0.000000722. The van der Waals surface area contributed by atoms with Crippen LogP contribution in [-0.2, 0) is 6.42 Å². The van der Waals surface area contributed by atoms with E-state index in [1.165, 1.54) is 26.0 Å². The third-order valence-corrected chi connectivity index (χ3v) is 4.21. The molecule has 0 unspecified atom stereocenters. The second-order valence-electron chi connectivity index (χ2n) is 4.25. The highest BCUT2D eigenvalue weighted by atomic mass is 127. The summed E-state index contributed by atoms with van der Waals surface area (Å²) in [5.74, 6) is 0.